The summed E-state index contributed by atoms with van der Waals surface area (Å²) in [6.45, 7) is 1.87. The van der Waals surface area contributed by atoms with E-state index in [-0.39, 0.29) is 11.9 Å². The Labute approximate surface area is 158 Å². The number of ether oxygens (including phenoxy) is 3. The zero-order chi connectivity index (χ0) is 18.4. The van der Waals surface area contributed by atoms with Gasteiger partial charge in [0, 0.05) is 18.7 Å². The van der Waals surface area contributed by atoms with E-state index in [9.17, 15) is 4.39 Å². The molecule has 2 aromatic rings. The molecule has 1 atom stereocenters. The summed E-state index contributed by atoms with van der Waals surface area (Å²) in [7, 11) is 1.59. The molecular formula is C20H22FNO3S. The lowest BCUT2D eigenvalue weighted by Gasteiger charge is -2.15. The van der Waals surface area contributed by atoms with Gasteiger partial charge in [-0.2, -0.15) is 0 Å². The van der Waals surface area contributed by atoms with Crippen molar-refractivity contribution in [2.45, 2.75) is 25.6 Å². The highest BCUT2D eigenvalue weighted by molar-refractivity contribution is 7.80. The minimum absolute atomic E-state index is 0.230. The third-order valence-electron chi connectivity index (χ3n) is 4.25. The van der Waals surface area contributed by atoms with E-state index in [4.69, 9.17) is 26.4 Å². The fourth-order valence-corrected chi connectivity index (χ4v) is 2.99. The number of hydrogen-bond acceptors (Lipinski definition) is 4. The number of benzene rings is 2. The molecule has 0 aromatic heterocycles. The van der Waals surface area contributed by atoms with Crippen molar-refractivity contribution in [3.63, 3.8) is 0 Å². The van der Waals surface area contributed by atoms with Crippen LogP contribution in [0.4, 0.5) is 4.39 Å². The van der Waals surface area contributed by atoms with Gasteiger partial charge in [-0.05, 0) is 48.7 Å². The van der Waals surface area contributed by atoms with E-state index >= 15 is 0 Å². The first-order valence-corrected chi connectivity index (χ1v) is 9.01. The monoisotopic (exact) mass is 375 g/mol. The minimum Gasteiger partial charge on any atom is -0.493 e. The van der Waals surface area contributed by atoms with E-state index in [2.05, 4.69) is 5.32 Å². The molecule has 1 heterocycles. The van der Waals surface area contributed by atoms with Gasteiger partial charge in [-0.15, -0.1) is 0 Å². The van der Waals surface area contributed by atoms with Crippen molar-refractivity contribution in [3.8, 4) is 11.5 Å². The molecule has 0 saturated carbocycles. The number of thiocarbonyl (C=S) groups is 1. The molecule has 1 fully saturated rings. The highest BCUT2D eigenvalue weighted by atomic mass is 32.1. The zero-order valence-corrected chi connectivity index (χ0v) is 15.5. The number of halogens is 1. The SMILES string of the molecule is COc1cc(C(=S)NC[C@@H]2CCCO2)ccc1OCc1ccc(F)cc1. The molecular weight excluding hydrogens is 353 g/mol. The lowest BCUT2D eigenvalue weighted by atomic mass is 10.2. The van der Waals surface area contributed by atoms with Crippen LogP contribution in [-0.4, -0.2) is 31.4 Å². The van der Waals surface area contributed by atoms with Crippen LogP contribution in [0.5, 0.6) is 11.5 Å². The number of nitrogens with one attached hydrogen (secondary N) is 1. The smallest absolute Gasteiger partial charge is 0.161 e. The van der Waals surface area contributed by atoms with Crippen LogP contribution in [0.1, 0.15) is 24.0 Å². The first-order chi connectivity index (χ1) is 12.7. The molecule has 1 saturated heterocycles. The van der Waals surface area contributed by atoms with Gasteiger partial charge < -0.3 is 19.5 Å². The molecule has 1 aliphatic heterocycles. The standard InChI is InChI=1S/C20H22FNO3S/c1-23-19-11-15(20(26)22-12-17-3-2-10-24-17)6-9-18(19)25-13-14-4-7-16(21)8-5-14/h4-9,11,17H,2-3,10,12-13H2,1H3,(H,22,26)/t17-/m0/s1. The number of rotatable bonds is 7. The lowest BCUT2D eigenvalue weighted by molar-refractivity contribution is 0.114. The Morgan fingerprint density at radius 2 is 2.04 bits per heavy atom. The molecule has 1 aliphatic rings. The van der Waals surface area contributed by atoms with Gasteiger partial charge in [0.2, 0.25) is 0 Å². The van der Waals surface area contributed by atoms with Crippen molar-refractivity contribution in [3.05, 3.63) is 59.4 Å². The molecule has 0 amide bonds. The van der Waals surface area contributed by atoms with Crippen LogP contribution < -0.4 is 14.8 Å². The van der Waals surface area contributed by atoms with Gasteiger partial charge in [0.1, 0.15) is 17.4 Å². The van der Waals surface area contributed by atoms with Gasteiger partial charge in [0.05, 0.1) is 13.2 Å². The topological polar surface area (TPSA) is 39.7 Å². The second-order valence-corrected chi connectivity index (χ2v) is 6.53. The Hall–Kier alpha value is -2.18. The van der Waals surface area contributed by atoms with Crippen LogP contribution in [0.15, 0.2) is 42.5 Å². The lowest BCUT2D eigenvalue weighted by Crippen LogP contribution is -2.31. The van der Waals surface area contributed by atoms with E-state index in [0.29, 0.717) is 29.6 Å². The minimum atomic E-state index is -0.264. The Morgan fingerprint density at radius 1 is 1.23 bits per heavy atom. The fourth-order valence-electron chi connectivity index (χ4n) is 2.78. The molecule has 26 heavy (non-hydrogen) atoms. The van der Waals surface area contributed by atoms with Crippen molar-refractivity contribution in [2.75, 3.05) is 20.3 Å². The average molecular weight is 375 g/mol. The Kier molecular flexibility index (Phi) is 6.41. The Bertz CT molecular complexity index is 745. The quantitative estimate of drug-likeness (QED) is 0.744. The van der Waals surface area contributed by atoms with Gasteiger partial charge in [-0.25, -0.2) is 4.39 Å². The maximum Gasteiger partial charge on any atom is 0.161 e. The number of hydrogen-bond donors (Lipinski definition) is 1. The van der Waals surface area contributed by atoms with Crippen LogP contribution in [-0.2, 0) is 11.3 Å². The first kappa shape index (κ1) is 18.6. The molecule has 138 valence electrons. The van der Waals surface area contributed by atoms with Crippen molar-refractivity contribution in [1.82, 2.24) is 5.32 Å². The van der Waals surface area contributed by atoms with E-state index in [0.717, 1.165) is 30.6 Å². The van der Waals surface area contributed by atoms with Gasteiger partial charge in [0.15, 0.2) is 11.5 Å². The fraction of sp³-hybridized carbons (Fsp3) is 0.350. The predicted molar refractivity (Wildman–Crippen MR) is 102 cm³/mol. The van der Waals surface area contributed by atoms with Gasteiger partial charge >= 0.3 is 0 Å². The van der Waals surface area contributed by atoms with E-state index < -0.39 is 0 Å². The van der Waals surface area contributed by atoms with Crippen LogP contribution in [0.3, 0.4) is 0 Å². The average Bonchev–Trinajstić information content (AvgIpc) is 3.19. The number of methoxy groups -OCH3 is 1. The highest BCUT2D eigenvalue weighted by Crippen LogP contribution is 2.29. The summed E-state index contributed by atoms with van der Waals surface area (Å²) < 4.78 is 29.8. The predicted octanol–water partition coefficient (Wildman–Crippen LogP) is 3.86. The summed E-state index contributed by atoms with van der Waals surface area (Å²) >= 11 is 5.46. The van der Waals surface area contributed by atoms with Crippen molar-refractivity contribution >= 4 is 17.2 Å². The third kappa shape index (κ3) is 4.93. The summed E-state index contributed by atoms with van der Waals surface area (Å²) in [5.41, 5.74) is 1.75. The van der Waals surface area contributed by atoms with Crippen molar-refractivity contribution in [2.24, 2.45) is 0 Å². The van der Waals surface area contributed by atoms with Crippen LogP contribution >= 0.6 is 12.2 Å². The van der Waals surface area contributed by atoms with Crippen LogP contribution in [0.2, 0.25) is 0 Å². The van der Waals surface area contributed by atoms with E-state index in [1.807, 2.05) is 18.2 Å². The molecule has 4 nitrogen and oxygen atoms in total. The molecule has 2 aromatic carbocycles. The zero-order valence-electron chi connectivity index (χ0n) is 14.7. The largest absolute Gasteiger partial charge is 0.493 e. The van der Waals surface area contributed by atoms with E-state index in [1.165, 1.54) is 12.1 Å². The van der Waals surface area contributed by atoms with E-state index in [1.54, 1.807) is 19.2 Å². The second-order valence-electron chi connectivity index (χ2n) is 6.13. The van der Waals surface area contributed by atoms with Crippen molar-refractivity contribution < 1.29 is 18.6 Å². The summed E-state index contributed by atoms with van der Waals surface area (Å²) in [6.07, 6.45) is 2.40. The third-order valence-corrected chi connectivity index (χ3v) is 4.63. The second kappa shape index (κ2) is 8.96. The molecule has 0 aliphatic carbocycles. The normalized spacial score (nSPS) is 16.3. The summed E-state index contributed by atoms with van der Waals surface area (Å²) in [4.78, 5) is 0.656. The molecule has 0 spiro atoms. The van der Waals surface area contributed by atoms with Crippen LogP contribution in [0.25, 0.3) is 0 Å². The van der Waals surface area contributed by atoms with Gasteiger partial charge in [-0.3, -0.25) is 0 Å². The Balaban J connectivity index is 1.60. The molecule has 1 N–H and O–H groups in total. The first-order valence-electron chi connectivity index (χ1n) is 8.61. The molecule has 0 radical (unpaired) electrons. The highest BCUT2D eigenvalue weighted by Gasteiger charge is 2.16. The van der Waals surface area contributed by atoms with Gasteiger partial charge in [0.25, 0.3) is 0 Å². The molecule has 0 unspecified atom stereocenters. The van der Waals surface area contributed by atoms with Crippen LogP contribution in [0, 0.1) is 5.82 Å². The molecule has 6 heteroatoms. The summed E-state index contributed by atoms with van der Waals surface area (Å²) in [6, 6.07) is 11.8. The summed E-state index contributed by atoms with van der Waals surface area (Å²) in [5, 5.41) is 3.25. The maximum absolute atomic E-state index is 13.0. The molecule has 3 rings (SSSR count). The molecule has 0 bridgehead atoms. The summed E-state index contributed by atoms with van der Waals surface area (Å²) in [5.74, 6) is 0.952. The van der Waals surface area contributed by atoms with Gasteiger partial charge in [-0.1, -0.05) is 24.4 Å². The Morgan fingerprint density at radius 3 is 2.73 bits per heavy atom. The maximum atomic E-state index is 13.0. The van der Waals surface area contributed by atoms with Crippen molar-refractivity contribution in [1.29, 1.82) is 0 Å².